The molecule has 1 heterocycles. The Morgan fingerprint density at radius 3 is 2.11 bits per heavy atom. The van der Waals surface area contributed by atoms with E-state index >= 15 is 0 Å². The number of esters is 1. The van der Waals surface area contributed by atoms with Crippen LogP contribution in [0.2, 0.25) is 0 Å². The van der Waals surface area contributed by atoms with E-state index in [1.54, 1.807) is 0 Å². The molecule has 0 saturated carbocycles. The first kappa shape index (κ1) is 19.1. The van der Waals surface area contributed by atoms with E-state index in [-0.39, 0.29) is 5.97 Å². The summed E-state index contributed by atoms with van der Waals surface area (Å²) >= 11 is 0. The molecule has 1 aliphatic heterocycles. The van der Waals surface area contributed by atoms with Gasteiger partial charge in [0.05, 0.1) is 6.61 Å². The zero-order valence-electron chi connectivity index (χ0n) is 9.69. The van der Waals surface area contributed by atoms with Gasteiger partial charge in [-0.05, 0) is 19.3 Å². The number of hydrogen-bond donors (Lipinski definition) is 4. The molecule has 0 aromatic heterocycles. The van der Waals surface area contributed by atoms with E-state index in [4.69, 9.17) is 29.1 Å². The number of hydrogen-bond acceptors (Lipinski definition) is 4. The molecular weight excluding hydrogens is 267 g/mol. The van der Waals surface area contributed by atoms with Crippen molar-refractivity contribution in [2.75, 3.05) is 6.61 Å². The Morgan fingerprint density at radius 2 is 1.72 bits per heavy atom. The quantitative estimate of drug-likeness (QED) is 0.308. The lowest BCUT2D eigenvalue weighted by molar-refractivity contribution is -0.142. The molecule has 0 aliphatic carbocycles. The molecule has 0 spiro atoms. The lowest BCUT2D eigenvalue weighted by atomic mass is 10.2. The van der Waals surface area contributed by atoms with Crippen molar-refractivity contribution in [3.63, 3.8) is 0 Å². The van der Waals surface area contributed by atoms with E-state index in [1.807, 2.05) is 0 Å². The normalized spacial score (nSPS) is 14.7. The van der Waals surface area contributed by atoms with E-state index in [9.17, 15) is 9.59 Å². The predicted molar refractivity (Wildman–Crippen MR) is 61.5 cm³/mol. The summed E-state index contributed by atoms with van der Waals surface area (Å²) in [6.07, 6.45) is 4.66. The fourth-order valence-corrected chi connectivity index (χ4v) is 0.806. The van der Waals surface area contributed by atoms with Gasteiger partial charge in [-0.15, -0.1) is 0 Å². The molecule has 9 heteroatoms. The molecule has 1 rings (SSSR count). The summed E-state index contributed by atoms with van der Waals surface area (Å²) in [5.74, 6) is -1.01. The maximum absolute atomic E-state index is 10.5. The fourth-order valence-electron chi connectivity index (χ4n) is 0.806. The molecule has 18 heavy (non-hydrogen) atoms. The molecule has 1 aliphatic rings. The number of rotatable bonds is 1. The van der Waals surface area contributed by atoms with Gasteiger partial charge in [0.1, 0.15) is 0 Å². The fraction of sp³-hybridized carbons (Fsp3) is 0.556. The Labute approximate surface area is 104 Å². The molecule has 0 aromatic carbocycles. The van der Waals surface area contributed by atoms with Crippen molar-refractivity contribution in [3.8, 4) is 0 Å². The van der Waals surface area contributed by atoms with Crippen molar-refractivity contribution < 1.29 is 38.7 Å². The van der Waals surface area contributed by atoms with E-state index in [1.165, 1.54) is 0 Å². The standard InChI is InChI=1S/C6H10O2.C3H4O2.H3O4P/c7-6-4-2-1-3-5-8-6;1-2-3(4)5;1-5(2,3)4/h1-5H2;2H,1H2,(H,4,5);(H3,1,2,3,4). The van der Waals surface area contributed by atoms with Crippen LogP contribution in [0.15, 0.2) is 12.7 Å². The van der Waals surface area contributed by atoms with Gasteiger partial charge >= 0.3 is 19.8 Å². The number of ether oxygens (including phenoxy) is 1. The van der Waals surface area contributed by atoms with Gasteiger partial charge in [-0.3, -0.25) is 4.79 Å². The Bertz CT molecular complexity index is 289. The Hall–Kier alpha value is -1.21. The average molecular weight is 284 g/mol. The molecular formula is C9H17O8P. The monoisotopic (exact) mass is 284 g/mol. The molecule has 0 atom stereocenters. The molecule has 0 unspecified atom stereocenters. The highest BCUT2D eigenvalue weighted by Crippen LogP contribution is 2.25. The van der Waals surface area contributed by atoms with Gasteiger partial charge in [-0.25, -0.2) is 9.36 Å². The Kier molecular flexibility index (Phi) is 11.6. The smallest absolute Gasteiger partial charge is 0.466 e. The van der Waals surface area contributed by atoms with Crippen LogP contribution in [0.25, 0.3) is 0 Å². The minimum Gasteiger partial charge on any atom is -0.478 e. The number of carboxylic acid groups (broad SMARTS) is 1. The molecule has 0 bridgehead atoms. The largest absolute Gasteiger partial charge is 0.478 e. The number of carboxylic acids is 1. The molecule has 8 nitrogen and oxygen atoms in total. The molecule has 0 radical (unpaired) electrons. The van der Waals surface area contributed by atoms with Gasteiger partial charge in [0.2, 0.25) is 0 Å². The van der Waals surface area contributed by atoms with Crippen molar-refractivity contribution in [2.24, 2.45) is 0 Å². The summed E-state index contributed by atoms with van der Waals surface area (Å²) < 4.78 is 13.6. The Morgan fingerprint density at radius 1 is 1.28 bits per heavy atom. The number of carbonyl (C=O) groups excluding carboxylic acids is 1. The summed E-state index contributed by atoms with van der Waals surface area (Å²) in [4.78, 5) is 41.3. The third-order valence-electron chi connectivity index (χ3n) is 1.46. The van der Waals surface area contributed by atoms with Crippen molar-refractivity contribution in [3.05, 3.63) is 12.7 Å². The SMILES string of the molecule is C=CC(=O)O.O=C1CCCCCO1.O=P(O)(O)O. The first-order chi connectivity index (χ1) is 8.16. The van der Waals surface area contributed by atoms with Gasteiger partial charge < -0.3 is 24.5 Å². The third-order valence-corrected chi connectivity index (χ3v) is 1.46. The lowest BCUT2D eigenvalue weighted by Gasteiger charge is -1.93. The second-order valence-corrected chi connectivity index (χ2v) is 4.11. The minimum atomic E-state index is -4.64. The lowest BCUT2D eigenvalue weighted by Crippen LogP contribution is -2.00. The van der Waals surface area contributed by atoms with Crippen LogP contribution in [0.5, 0.6) is 0 Å². The summed E-state index contributed by atoms with van der Waals surface area (Å²) in [5.41, 5.74) is 0. The molecule has 4 N–H and O–H groups in total. The van der Waals surface area contributed by atoms with Crippen molar-refractivity contribution in [1.82, 2.24) is 0 Å². The molecule has 1 fully saturated rings. The maximum atomic E-state index is 10.5. The molecule has 106 valence electrons. The second-order valence-electron chi connectivity index (χ2n) is 3.09. The first-order valence-electron chi connectivity index (χ1n) is 4.96. The van der Waals surface area contributed by atoms with Crippen LogP contribution in [0.1, 0.15) is 25.7 Å². The minimum absolute atomic E-state index is 0.0255. The van der Waals surface area contributed by atoms with Crippen molar-refractivity contribution >= 4 is 19.8 Å². The molecule has 1 saturated heterocycles. The third kappa shape index (κ3) is 29.3. The Balaban J connectivity index is 0. The topological polar surface area (TPSA) is 141 Å². The molecule has 0 aromatic rings. The summed E-state index contributed by atoms with van der Waals surface area (Å²) in [7, 11) is -4.64. The van der Waals surface area contributed by atoms with Gasteiger partial charge in [-0.2, -0.15) is 0 Å². The van der Waals surface area contributed by atoms with Crippen molar-refractivity contribution in [2.45, 2.75) is 25.7 Å². The van der Waals surface area contributed by atoms with Crippen LogP contribution >= 0.6 is 7.82 Å². The van der Waals surface area contributed by atoms with Crippen molar-refractivity contribution in [1.29, 1.82) is 0 Å². The number of phosphoric acid groups is 1. The van der Waals surface area contributed by atoms with Crippen LogP contribution in [-0.2, 0) is 18.9 Å². The zero-order valence-corrected chi connectivity index (χ0v) is 10.6. The van der Waals surface area contributed by atoms with Crippen LogP contribution < -0.4 is 0 Å². The maximum Gasteiger partial charge on any atom is 0.466 e. The van der Waals surface area contributed by atoms with Gasteiger partial charge in [0, 0.05) is 12.5 Å². The van der Waals surface area contributed by atoms with Gasteiger partial charge in [0.15, 0.2) is 0 Å². The highest BCUT2D eigenvalue weighted by Gasteiger charge is 2.05. The van der Waals surface area contributed by atoms with E-state index < -0.39 is 13.8 Å². The summed E-state index contributed by atoms with van der Waals surface area (Å²) in [5, 5.41) is 7.60. The van der Waals surface area contributed by atoms with E-state index in [2.05, 4.69) is 6.58 Å². The van der Waals surface area contributed by atoms with Crippen LogP contribution in [0.3, 0.4) is 0 Å². The van der Waals surface area contributed by atoms with Gasteiger partial charge in [-0.1, -0.05) is 6.58 Å². The predicted octanol–water partition coefficient (Wildman–Crippen LogP) is 0.432. The van der Waals surface area contributed by atoms with E-state index in [0.29, 0.717) is 13.0 Å². The first-order valence-corrected chi connectivity index (χ1v) is 6.52. The highest BCUT2D eigenvalue weighted by molar-refractivity contribution is 7.45. The molecule has 0 amide bonds. The van der Waals surface area contributed by atoms with Gasteiger partial charge in [0.25, 0.3) is 0 Å². The van der Waals surface area contributed by atoms with Crippen LogP contribution in [0.4, 0.5) is 0 Å². The highest BCUT2D eigenvalue weighted by atomic mass is 31.2. The van der Waals surface area contributed by atoms with Crippen LogP contribution in [-0.4, -0.2) is 38.3 Å². The summed E-state index contributed by atoms with van der Waals surface area (Å²) in [6, 6.07) is 0. The number of aliphatic carboxylic acids is 1. The van der Waals surface area contributed by atoms with E-state index in [0.717, 1.165) is 25.3 Å². The number of carbonyl (C=O) groups is 2. The zero-order chi connectivity index (χ0) is 14.6. The number of cyclic esters (lactones) is 1. The summed E-state index contributed by atoms with van der Waals surface area (Å²) in [6.45, 7) is 3.60. The second kappa shape index (κ2) is 10.9. The average Bonchev–Trinajstić information content (AvgIpc) is 2.44. The van der Waals surface area contributed by atoms with Crippen LogP contribution in [0, 0.1) is 0 Å².